The first-order chi connectivity index (χ1) is 14.6. The summed E-state index contributed by atoms with van der Waals surface area (Å²) < 4.78 is 0. The third kappa shape index (κ3) is 1.77. The molecule has 0 aromatic heterocycles. The Bertz CT molecular complexity index is 1200. The van der Waals surface area contributed by atoms with Crippen molar-refractivity contribution in [3.63, 3.8) is 0 Å². The molecule has 146 valence electrons. The molecular weight excluding hydrogens is 378 g/mol. The number of carbonyl (C=O) groups is 3. The Morgan fingerprint density at radius 3 is 1.87 bits per heavy atom. The maximum Gasteiger partial charge on any atom is 0.319 e. The van der Waals surface area contributed by atoms with Gasteiger partial charge in [-0.1, -0.05) is 66.7 Å². The van der Waals surface area contributed by atoms with Crippen LogP contribution in [0.3, 0.4) is 0 Å². The van der Waals surface area contributed by atoms with Gasteiger partial charge in [0.2, 0.25) is 11.8 Å². The van der Waals surface area contributed by atoms with E-state index in [1.54, 1.807) is 48.5 Å². The summed E-state index contributed by atoms with van der Waals surface area (Å²) >= 11 is 0. The van der Waals surface area contributed by atoms with Crippen LogP contribution in [-0.2, 0) is 19.8 Å². The Morgan fingerprint density at radius 2 is 1.30 bits per heavy atom. The molecular formula is C25H17NO4. The van der Waals surface area contributed by atoms with Crippen molar-refractivity contribution in [1.82, 2.24) is 0 Å². The first-order valence-electron chi connectivity index (χ1n) is 9.93. The minimum Gasteiger partial charge on any atom is -0.480 e. The summed E-state index contributed by atoms with van der Waals surface area (Å²) in [6, 6.07) is 23.5. The zero-order valence-electron chi connectivity index (χ0n) is 15.9. The lowest BCUT2D eigenvalue weighted by Gasteiger charge is -2.51. The van der Waals surface area contributed by atoms with Crippen LogP contribution in [0.15, 0.2) is 78.9 Å². The quantitative estimate of drug-likeness (QED) is 0.676. The molecule has 0 radical (unpaired) electrons. The van der Waals surface area contributed by atoms with E-state index in [4.69, 9.17) is 0 Å². The zero-order valence-corrected chi connectivity index (χ0v) is 15.9. The average molecular weight is 395 g/mol. The van der Waals surface area contributed by atoms with E-state index in [1.807, 2.05) is 30.3 Å². The number of anilines is 1. The molecule has 30 heavy (non-hydrogen) atoms. The largest absolute Gasteiger partial charge is 0.480 e. The second kappa shape index (κ2) is 5.66. The van der Waals surface area contributed by atoms with E-state index in [2.05, 4.69) is 0 Å². The van der Waals surface area contributed by atoms with Gasteiger partial charge < -0.3 is 5.11 Å². The van der Waals surface area contributed by atoms with Crippen molar-refractivity contribution in [2.24, 2.45) is 11.8 Å². The highest BCUT2D eigenvalue weighted by Gasteiger charge is 2.71. The molecule has 7 rings (SSSR count). The van der Waals surface area contributed by atoms with Crippen molar-refractivity contribution in [3.8, 4) is 0 Å². The van der Waals surface area contributed by atoms with E-state index in [0.29, 0.717) is 16.8 Å². The minimum atomic E-state index is -1.58. The predicted octanol–water partition coefficient (Wildman–Crippen LogP) is 3.32. The van der Waals surface area contributed by atoms with E-state index < -0.39 is 29.1 Å². The highest BCUT2D eigenvalue weighted by atomic mass is 16.4. The molecule has 0 spiro atoms. The van der Waals surface area contributed by atoms with Gasteiger partial charge >= 0.3 is 5.97 Å². The summed E-state index contributed by atoms with van der Waals surface area (Å²) in [6.45, 7) is 0. The van der Waals surface area contributed by atoms with Gasteiger partial charge in [-0.05, 0) is 34.4 Å². The molecule has 5 heteroatoms. The number of imide groups is 1. The Balaban J connectivity index is 1.70. The summed E-state index contributed by atoms with van der Waals surface area (Å²) in [5.74, 6) is -3.90. The first kappa shape index (κ1) is 17.2. The second-order valence-electron chi connectivity index (χ2n) is 8.12. The molecule has 3 aromatic rings. The van der Waals surface area contributed by atoms with Crippen molar-refractivity contribution in [2.45, 2.75) is 11.3 Å². The van der Waals surface area contributed by atoms with Gasteiger partial charge in [-0.2, -0.15) is 0 Å². The lowest BCUT2D eigenvalue weighted by molar-refractivity contribution is -0.149. The fourth-order valence-corrected chi connectivity index (χ4v) is 5.97. The number of aliphatic carboxylic acids is 1. The molecule has 2 atom stereocenters. The molecule has 3 aromatic carbocycles. The minimum absolute atomic E-state index is 0.323. The molecule has 5 nitrogen and oxygen atoms in total. The van der Waals surface area contributed by atoms with Crippen LogP contribution in [-0.4, -0.2) is 22.9 Å². The average Bonchev–Trinajstić information content (AvgIpc) is 3.05. The number of amides is 2. The van der Waals surface area contributed by atoms with Crippen LogP contribution in [0.5, 0.6) is 0 Å². The predicted molar refractivity (Wildman–Crippen MR) is 109 cm³/mol. The highest BCUT2D eigenvalue weighted by Crippen LogP contribution is 2.64. The van der Waals surface area contributed by atoms with Crippen LogP contribution in [0.4, 0.5) is 5.69 Å². The molecule has 2 bridgehead atoms. The molecule has 2 amide bonds. The fourth-order valence-electron chi connectivity index (χ4n) is 5.97. The van der Waals surface area contributed by atoms with E-state index in [-0.39, 0.29) is 11.8 Å². The zero-order chi connectivity index (χ0) is 20.6. The van der Waals surface area contributed by atoms with Crippen molar-refractivity contribution in [1.29, 1.82) is 0 Å². The van der Waals surface area contributed by atoms with Crippen LogP contribution in [0.2, 0.25) is 0 Å². The first-order valence-corrected chi connectivity index (χ1v) is 9.93. The van der Waals surface area contributed by atoms with E-state index >= 15 is 0 Å². The van der Waals surface area contributed by atoms with Gasteiger partial charge in [0.25, 0.3) is 0 Å². The number of hydrogen-bond donors (Lipinski definition) is 1. The topological polar surface area (TPSA) is 74.7 Å². The number of carboxylic acid groups (broad SMARTS) is 1. The molecule has 1 N–H and O–H groups in total. The smallest absolute Gasteiger partial charge is 0.319 e. The van der Waals surface area contributed by atoms with Crippen LogP contribution in [0.25, 0.3) is 0 Å². The summed E-state index contributed by atoms with van der Waals surface area (Å²) in [6.07, 6.45) is 0. The summed E-state index contributed by atoms with van der Waals surface area (Å²) in [4.78, 5) is 41.6. The molecule has 1 saturated heterocycles. The number of para-hydroxylation sites is 1. The standard InChI is InChI=1S/C25H17NO4/c27-22-20-19-15-10-4-6-12-17(15)25(24(29)30,18-13-7-5-11-16(18)19)21(20)23(28)26(22)14-8-2-1-3-9-14/h1-13,19-21H,(H,29,30). The lowest BCUT2D eigenvalue weighted by Crippen LogP contribution is -2.57. The number of hydrogen-bond acceptors (Lipinski definition) is 3. The van der Waals surface area contributed by atoms with Gasteiger partial charge in [0.15, 0.2) is 0 Å². The molecule has 0 saturated carbocycles. The Labute approximate surface area is 172 Å². The maximum absolute atomic E-state index is 13.7. The monoisotopic (exact) mass is 395 g/mol. The van der Waals surface area contributed by atoms with Crippen molar-refractivity contribution >= 4 is 23.5 Å². The highest BCUT2D eigenvalue weighted by molar-refractivity contribution is 6.25. The number of rotatable bonds is 2. The molecule has 2 unspecified atom stereocenters. The van der Waals surface area contributed by atoms with Gasteiger partial charge in [0.1, 0.15) is 5.41 Å². The van der Waals surface area contributed by atoms with Gasteiger partial charge in [-0.25, -0.2) is 4.90 Å². The maximum atomic E-state index is 13.7. The molecule has 1 fully saturated rings. The van der Waals surface area contributed by atoms with Gasteiger partial charge in [-0.15, -0.1) is 0 Å². The normalized spacial score (nSPS) is 28.1. The number of benzene rings is 3. The number of carboxylic acids is 1. The third-order valence-electron chi connectivity index (χ3n) is 6.97. The van der Waals surface area contributed by atoms with Crippen LogP contribution in [0, 0.1) is 11.8 Å². The Kier molecular flexibility index (Phi) is 3.24. The summed E-state index contributed by atoms with van der Waals surface area (Å²) in [5, 5.41) is 10.6. The lowest BCUT2D eigenvalue weighted by atomic mass is 9.47. The molecule has 4 aliphatic rings. The Morgan fingerprint density at radius 1 is 0.767 bits per heavy atom. The van der Waals surface area contributed by atoms with Crippen LogP contribution >= 0.6 is 0 Å². The van der Waals surface area contributed by atoms with E-state index in [9.17, 15) is 19.5 Å². The fraction of sp³-hybridized carbons (Fsp3) is 0.160. The SMILES string of the molecule is O=C1C2C3c4ccccc4C(C(=O)O)(c4ccccc43)C2C(=O)N1c1ccccc1. The van der Waals surface area contributed by atoms with Crippen molar-refractivity contribution in [2.75, 3.05) is 4.90 Å². The summed E-state index contributed by atoms with van der Waals surface area (Å²) in [5.41, 5.74) is 1.81. The number of carbonyl (C=O) groups excluding carboxylic acids is 2. The van der Waals surface area contributed by atoms with Crippen LogP contribution < -0.4 is 4.90 Å². The Hall–Kier alpha value is -3.73. The van der Waals surface area contributed by atoms with E-state index in [1.165, 1.54) is 4.90 Å². The molecule has 1 heterocycles. The van der Waals surface area contributed by atoms with E-state index in [0.717, 1.165) is 11.1 Å². The molecule has 1 aliphatic heterocycles. The summed E-state index contributed by atoms with van der Waals surface area (Å²) in [7, 11) is 0. The van der Waals surface area contributed by atoms with Gasteiger partial charge in [-0.3, -0.25) is 14.4 Å². The van der Waals surface area contributed by atoms with Gasteiger partial charge in [0, 0.05) is 5.92 Å². The van der Waals surface area contributed by atoms with Crippen LogP contribution in [0.1, 0.15) is 28.2 Å². The molecule has 3 aliphatic carbocycles. The van der Waals surface area contributed by atoms with Crippen molar-refractivity contribution in [3.05, 3.63) is 101 Å². The second-order valence-corrected chi connectivity index (χ2v) is 8.12. The van der Waals surface area contributed by atoms with Gasteiger partial charge in [0.05, 0.1) is 17.5 Å². The number of nitrogens with zero attached hydrogens (tertiary/aromatic N) is 1. The van der Waals surface area contributed by atoms with Crippen molar-refractivity contribution < 1.29 is 19.5 Å². The third-order valence-corrected chi connectivity index (χ3v) is 6.97.